The summed E-state index contributed by atoms with van der Waals surface area (Å²) in [6, 6.07) is 10.4. The molecule has 8 heteroatoms. The molecule has 0 spiro atoms. The van der Waals surface area contributed by atoms with Crippen LogP contribution in [-0.2, 0) is 10.6 Å². The van der Waals surface area contributed by atoms with Crippen molar-refractivity contribution in [2.45, 2.75) is 17.5 Å². The summed E-state index contributed by atoms with van der Waals surface area (Å²) < 4.78 is 42.1. The molecule has 0 aliphatic carbocycles. The Labute approximate surface area is 167 Å². The Bertz CT molecular complexity index is 982. The van der Waals surface area contributed by atoms with Gasteiger partial charge in [0.15, 0.2) is 0 Å². The SMILES string of the molecule is Cc1cn(-c2cc(NC(=O)c3cccc(CI)c3)cc(C(F)(F)F)c2)cn1. The van der Waals surface area contributed by atoms with Crippen LogP contribution in [0.3, 0.4) is 0 Å². The number of halogens is 4. The lowest BCUT2D eigenvalue weighted by atomic mass is 10.1. The molecule has 2 aromatic carbocycles. The van der Waals surface area contributed by atoms with E-state index in [1.54, 1.807) is 31.3 Å². The molecule has 1 heterocycles. The number of nitrogens with zero attached hydrogens (tertiary/aromatic N) is 2. The molecule has 1 aromatic heterocycles. The van der Waals surface area contributed by atoms with E-state index in [9.17, 15) is 18.0 Å². The van der Waals surface area contributed by atoms with E-state index in [1.807, 2.05) is 6.07 Å². The van der Waals surface area contributed by atoms with Crippen molar-refractivity contribution in [3.05, 3.63) is 77.4 Å². The van der Waals surface area contributed by atoms with Gasteiger partial charge in [-0.2, -0.15) is 13.2 Å². The van der Waals surface area contributed by atoms with E-state index >= 15 is 0 Å². The van der Waals surface area contributed by atoms with Crippen LogP contribution in [-0.4, -0.2) is 15.5 Å². The number of aromatic nitrogens is 2. The van der Waals surface area contributed by atoms with Crippen LogP contribution >= 0.6 is 22.6 Å². The minimum absolute atomic E-state index is 0.0658. The van der Waals surface area contributed by atoms with Gasteiger partial charge in [-0.05, 0) is 42.8 Å². The van der Waals surface area contributed by atoms with E-state index in [0.29, 0.717) is 11.3 Å². The number of carbonyl (C=O) groups is 1. The van der Waals surface area contributed by atoms with Crippen molar-refractivity contribution in [3.63, 3.8) is 0 Å². The van der Waals surface area contributed by atoms with Gasteiger partial charge in [-0.3, -0.25) is 4.79 Å². The molecule has 0 fully saturated rings. The maximum atomic E-state index is 13.3. The number of anilines is 1. The molecule has 0 atom stereocenters. The average molecular weight is 485 g/mol. The highest BCUT2D eigenvalue weighted by Crippen LogP contribution is 2.33. The number of amides is 1. The lowest BCUT2D eigenvalue weighted by molar-refractivity contribution is -0.137. The Balaban J connectivity index is 1.97. The third-order valence-electron chi connectivity index (χ3n) is 3.86. The van der Waals surface area contributed by atoms with Gasteiger partial charge in [0.2, 0.25) is 0 Å². The second-order valence-corrected chi connectivity index (χ2v) is 6.74. The number of nitrogens with one attached hydrogen (secondary N) is 1. The molecule has 3 rings (SSSR count). The molecular formula is C19H15F3IN3O. The predicted octanol–water partition coefficient (Wildman–Crippen LogP) is 5.39. The zero-order valence-electron chi connectivity index (χ0n) is 14.2. The van der Waals surface area contributed by atoms with Gasteiger partial charge in [0, 0.05) is 27.6 Å². The Morgan fingerprint density at radius 1 is 1.22 bits per heavy atom. The molecule has 140 valence electrons. The molecule has 0 bridgehead atoms. The molecule has 3 aromatic rings. The van der Waals surface area contributed by atoms with Crippen LogP contribution in [0.5, 0.6) is 0 Å². The number of benzene rings is 2. The van der Waals surface area contributed by atoms with Crippen LogP contribution in [0.1, 0.15) is 27.2 Å². The van der Waals surface area contributed by atoms with Crippen molar-refractivity contribution in [1.29, 1.82) is 0 Å². The fourth-order valence-corrected chi connectivity index (χ4v) is 3.03. The minimum Gasteiger partial charge on any atom is -0.322 e. The summed E-state index contributed by atoms with van der Waals surface area (Å²) >= 11 is 2.18. The largest absolute Gasteiger partial charge is 0.416 e. The van der Waals surface area contributed by atoms with Gasteiger partial charge in [0.05, 0.1) is 17.6 Å². The first-order valence-electron chi connectivity index (χ1n) is 7.96. The van der Waals surface area contributed by atoms with E-state index in [-0.39, 0.29) is 11.4 Å². The lowest BCUT2D eigenvalue weighted by Gasteiger charge is -2.14. The van der Waals surface area contributed by atoms with Crippen molar-refractivity contribution < 1.29 is 18.0 Å². The number of alkyl halides is 4. The molecule has 4 nitrogen and oxygen atoms in total. The Kier molecular flexibility index (Phi) is 5.54. The summed E-state index contributed by atoms with van der Waals surface area (Å²) in [5, 5.41) is 2.56. The maximum absolute atomic E-state index is 13.3. The molecular weight excluding hydrogens is 470 g/mol. The van der Waals surface area contributed by atoms with E-state index in [4.69, 9.17) is 0 Å². The molecule has 0 radical (unpaired) electrons. The zero-order chi connectivity index (χ0) is 19.6. The summed E-state index contributed by atoms with van der Waals surface area (Å²) in [6.45, 7) is 1.74. The van der Waals surface area contributed by atoms with Crippen LogP contribution in [0.2, 0.25) is 0 Å². The summed E-state index contributed by atoms with van der Waals surface area (Å²) in [7, 11) is 0. The molecule has 0 saturated carbocycles. The lowest BCUT2D eigenvalue weighted by Crippen LogP contribution is -2.14. The van der Waals surface area contributed by atoms with Crippen molar-refractivity contribution in [2.24, 2.45) is 0 Å². The highest BCUT2D eigenvalue weighted by molar-refractivity contribution is 14.1. The fourth-order valence-electron chi connectivity index (χ4n) is 2.56. The molecule has 1 N–H and O–H groups in total. The van der Waals surface area contributed by atoms with Crippen LogP contribution in [0.25, 0.3) is 5.69 Å². The normalized spacial score (nSPS) is 11.4. The third kappa shape index (κ3) is 4.68. The van der Waals surface area contributed by atoms with Gasteiger partial charge in [-0.25, -0.2) is 4.98 Å². The van der Waals surface area contributed by atoms with Crippen molar-refractivity contribution in [1.82, 2.24) is 9.55 Å². The molecule has 27 heavy (non-hydrogen) atoms. The van der Waals surface area contributed by atoms with Crippen molar-refractivity contribution in [2.75, 3.05) is 5.32 Å². The number of rotatable bonds is 4. The number of imidazole rings is 1. The summed E-state index contributed by atoms with van der Waals surface area (Å²) in [6.07, 6.45) is -1.49. The molecule has 0 unspecified atom stereocenters. The van der Waals surface area contributed by atoms with Crippen LogP contribution in [0, 0.1) is 6.92 Å². The van der Waals surface area contributed by atoms with Gasteiger partial charge < -0.3 is 9.88 Å². The topological polar surface area (TPSA) is 46.9 Å². The highest BCUT2D eigenvalue weighted by atomic mass is 127. The molecule has 1 amide bonds. The molecule has 0 aliphatic heterocycles. The summed E-state index contributed by atoms with van der Waals surface area (Å²) in [5.74, 6) is -0.464. The second kappa shape index (κ2) is 7.71. The van der Waals surface area contributed by atoms with E-state index in [0.717, 1.165) is 22.1 Å². The van der Waals surface area contributed by atoms with Crippen LogP contribution in [0.4, 0.5) is 18.9 Å². The molecule has 0 saturated heterocycles. The van der Waals surface area contributed by atoms with E-state index in [2.05, 4.69) is 32.9 Å². The van der Waals surface area contributed by atoms with Crippen LogP contribution in [0.15, 0.2) is 55.0 Å². The van der Waals surface area contributed by atoms with Gasteiger partial charge in [0.25, 0.3) is 5.91 Å². The van der Waals surface area contributed by atoms with Gasteiger partial charge >= 0.3 is 6.18 Å². The number of carbonyl (C=O) groups excluding carboxylic acids is 1. The average Bonchev–Trinajstić information content (AvgIpc) is 3.07. The highest BCUT2D eigenvalue weighted by Gasteiger charge is 2.31. The number of hydrogen-bond donors (Lipinski definition) is 1. The Morgan fingerprint density at radius 2 is 2.00 bits per heavy atom. The first kappa shape index (κ1) is 19.4. The van der Waals surface area contributed by atoms with Crippen molar-refractivity contribution >= 4 is 34.2 Å². The quantitative estimate of drug-likeness (QED) is 0.398. The maximum Gasteiger partial charge on any atom is 0.416 e. The number of hydrogen-bond acceptors (Lipinski definition) is 2. The standard InChI is InChI=1S/C19H15F3IN3O/c1-12-10-26(11-24-12)17-7-15(19(20,21)22)6-16(8-17)25-18(27)14-4-2-3-13(5-14)9-23/h2-8,10-11H,9H2,1H3,(H,25,27). The zero-order valence-corrected chi connectivity index (χ0v) is 16.4. The van der Waals surface area contributed by atoms with Crippen LogP contribution < -0.4 is 5.32 Å². The molecule has 0 aliphatic rings. The van der Waals surface area contributed by atoms with E-state index < -0.39 is 17.6 Å². The van der Waals surface area contributed by atoms with E-state index in [1.165, 1.54) is 17.0 Å². The first-order valence-corrected chi connectivity index (χ1v) is 9.48. The summed E-state index contributed by atoms with van der Waals surface area (Å²) in [5.41, 5.74) is 1.51. The Morgan fingerprint density at radius 3 is 2.63 bits per heavy atom. The van der Waals surface area contributed by atoms with Gasteiger partial charge in [0.1, 0.15) is 0 Å². The fraction of sp³-hybridized carbons (Fsp3) is 0.158. The number of aryl methyl sites for hydroxylation is 1. The Hall–Kier alpha value is -2.36. The summed E-state index contributed by atoms with van der Waals surface area (Å²) in [4.78, 5) is 16.5. The smallest absolute Gasteiger partial charge is 0.322 e. The van der Waals surface area contributed by atoms with Gasteiger partial charge in [-0.15, -0.1) is 0 Å². The monoisotopic (exact) mass is 485 g/mol. The third-order valence-corrected chi connectivity index (χ3v) is 4.74. The first-order chi connectivity index (χ1) is 12.8. The predicted molar refractivity (Wildman–Crippen MR) is 105 cm³/mol. The minimum atomic E-state index is -4.54. The van der Waals surface area contributed by atoms with Crippen molar-refractivity contribution in [3.8, 4) is 5.69 Å². The second-order valence-electron chi connectivity index (χ2n) is 5.98. The van der Waals surface area contributed by atoms with Gasteiger partial charge in [-0.1, -0.05) is 34.7 Å².